The lowest BCUT2D eigenvalue weighted by Crippen LogP contribution is -2.14. The lowest BCUT2D eigenvalue weighted by molar-refractivity contribution is 0.360. The van der Waals surface area contributed by atoms with Gasteiger partial charge < -0.3 is 14.0 Å². The van der Waals surface area contributed by atoms with Crippen LogP contribution in [-0.4, -0.2) is 37.1 Å². The molecule has 0 unspecified atom stereocenters. The van der Waals surface area contributed by atoms with Crippen molar-refractivity contribution in [1.29, 1.82) is 0 Å². The molecule has 1 N–H and O–H groups in total. The first-order valence-electron chi connectivity index (χ1n) is 9.68. The lowest BCUT2D eigenvalue weighted by atomic mass is 10.0. The van der Waals surface area contributed by atoms with Gasteiger partial charge in [-0.15, -0.1) is 0 Å². The van der Waals surface area contributed by atoms with Gasteiger partial charge in [-0.05, 0) is 42.3 Å². The van der Waals surface area contributed by atoms with Gasteiger partial charge in [-0.1, -0.05) is 11.2 Å². The van der Waals surface area contributed by atoms with Gasteiger partial charge >= 0.3 is 0 Å². The van der Waals surface area contributed by atoms with Crippen molar-refractivity contribution in [2.24, 2.45) is 0 Å². The van der Waals surface area contributed by atoms with Gasteiger partial charge in [-0.25, -0.2) is 8.42 Å². The third kappa shape index (κ3) is 3.38. The first kappa shape index (κ1) is 19.4. The van der Waals surface area contributed by atoms with Gasteiger partial charge in [0.15, 0.2) is 11.4 Å². The highest BCUT2D eigenvalue weighted by Gasteiger charge is 2.28. The summed E-state index contributed by atoms with van der Waals surface area (Å²) in [5.41, 5.74) is 3.32. The Balaban J connectivity index is 1.57. The van der Waals surface area contributed by atoms with Crippen molar-refractivity contribution < 1.29 is 22.4 Å². The number of aryl methyl sites for hydroxylation is 1. The minimum absolute atomic E-state index is 0.0182. The molecule has 0 bridgehead atoms. The highest BCUT2D eigenvalue weighted by Crippen LogP contribution is 2.41. The third-order valence-electron chi connectivity index (χ3n) is 5.24. The maximum absolute atomic E-state index is 13.1. The van der Waals surface area contributed by atoms with Crippen molar-refractivity contribution in [3.05, 3.63) is 59.4 Å². The molecule has 0 spiro atoms. The van der Waals surface area contributed by atoms with E-state index in [0.717, 1.165) is 16.7 Å². The predicted molar refractivity (Wildman–Crippen MR) is 113 cm³/mol. The summed E-state index contributed by atoms with van der Waals surface area (Å²) in [6, 6.07) is 8.60. The average molecular weight is 440 g/mol. The molecule has 0 saturated carbocycles. The molecule has 160 valence electrons. The van der Waals surface area contributed by atoms with Gasteiger partial charge in [-0.2, -0.15) is 5.10 Å². The lowest BCUT2D eigenvalue weighted by Gasteiger charge is -2.12. The summed E-state index contributed by atoms with van der Waals surface area (Å²) in [5, 5.41) is 8.74. The summed E-state index contributed by atoms with van der Waals surface area (Å²) in [4.78, 5) is 0.0182. The molecule has 31 heavy (non-hydrogen) atoms. The molecule has 0 aliphatic carbocycles. The van der Waals surface area contributed by atoms with Gasteiger partial charge in [0.05, 0.1) is 20.3 Å². The number of nitrogens with one attached hydrogen (secondary N) is 1. The van der Waals surface area contributed by atoms with Crippen LogP contribution in [0.3, 0.4) is 0 Å². The number of ether oxygens (including phenoxy) is 2. The Morgan fingerprint density at radius 2 is 2.16 bits per heavy atom. The smallest absolute Gasteiger partial charge is 0.266 e. The molecule has 3 heterocycles. The summed E-state index contributed by atoms with van der Waals surface area (Å²) in [6.07, 6.45) is 4.31. The van der Waals surface area contributed by atoms with Crippen molar-refractivity contribution in [3.8, 4) is 11.5 Å². The van der Waals surface area contributed by atoms with Gasteiger partial charge in [0.25, 0.3) is 10.0 Å². The van der Waals surface area contributed by atoms with E-state index in [9.17, 15) is 8.42 Å². The Labute approximate surface area is 178 Å². The van der Waals surface area contributed by atoms with E-state index in [0.29, 0.717) is 36.3 Å². The minimum Gasteiger partial charge on any atom is -0.495 e. The Hall–Kier alpha value is -3.53. The number of rotatable bonds is 6. The van der Waals surface area contributed by atoms with Crippen molar-refractivity contribution >= 4 is 26.8 Å². The molecule has 2 aromatic carbocycles. The van der Waals surface area contributed by atoms with Crippen LogP contribution in [0.1, 0.15) is 16.7 Å². The SMILES string of the molecule is COc1cc(C)ccc1S(=O)(=O)Nc1noc2cc(Cn3cccn3)c3c(c12)OCC3. The maximum Gasteiger partial charge on any atom is 0.266 e. The highest BCUT2D eigenvalue weighted by atomic mass is 32.2. The monoisotopic (exact) mass is 440 g/mol. The van der Waals surface area contributed by atoms with Crippen molar-refractivity contribution in [2.75, 3.05) is 18.4 Å². The van der Waals surface area contributed by atoms with Crippen LogP contribution in [0, 0.1) is 6.92 Å². The minimum atomic E-state index is -3.97. The topological polar surface area (TPSA) is 108 Å². The number of sulfonamides is 1. The molecule has 10 heteroatoms. The van der Waals surface area contributed by atoms with Crippen LogP contribution in [-0.2, 0) is 23.0 Å². The van der Waals surface area contributed by atoms with E-state index < -0.39 is 10.0 Å². The van der Waals surface area contributed by atoms with Gasteiger partial charge in [-0.3, -0.25) is 9.40 Å². The number of anilines is 1. The van der Waals surface area contributed by atoms with E-state index >= 15 is 0 Å². The van der Waals surface area contributed by atoms with Crippen LogP contribution in [0.4, 0.5) is 5.82 Å². The molecular formula is C21H20N4O5S. The van der Waals surface area contributed by atoms with Crippen LogP contribution < -0.4 is 14.2 Å². The van der Waals surface area contributed by atoms with Crippen molar-refractivity contribution in [3.63, 3.8) is 0 Å². The van der Waals surface area contributed by atoms with Gasteiger partial charge in [0.1, 0.15) is 21.8 Å². The largest absolute Gasteiger partial charge is 0.495 e. The Morgan fingerprint density at radius 1 is 1.29 bits per heavy atom. The molecule has 0 saturated heterocycles. The number of nitrogens with zero attached hydrogens (tertiary/aromatic N) is 3. The van der Waals surface area contributed by atoms with E-state index in [2.05, 4.69) is 15.0 Å². The van der Waals surface area contributed by atoms with E-state index in [-0.39, 0.29) is 16.5 Å². The second-order valence-corrected chi connectivity index (χ2v) is 8.96. The van der Waals surface area contributed by atoms with Crippen LogP contribution in [0.2, 0.25) is 0 Å². The van der Waals surface area contributed by atoms with Crippen molar-refractivity contribution in [2.45, 2.75) is 24.8 Å². The van der Waals surface area contributed by atoms with E-state index in [1.54, 1.807) is 18.3 Å². The standard InChI is InChI=1S/C21H20N4O5S/c1-13-4-5-18(16(10-13)28-2)31(26,27)24-21-19-17(30-23-21)11-14(12-25-8-3-7-22-25)15-6-9-29-20(15)19/h3-5,7-8,10-11H,6,9,12H2,1-2H3,(H,23,24). The molecule has 1 aliphatic heterocycles. The Morgan fingerprint density at radius 3 is 2.94 bits per heavy atom. The fourth-order valence-corrected chi connectivity index (χ4v) is 4.97. The number of aromatic nitrogens is 3. The van der Waals surface area contributed by atoms with Gasteiger partial charge in [0.2, 0.25) is 0 Å². The first-order valence-corrected chi connectivity index (χ1v) is 11.2. The zero-order chi connectivity index (χ0) is 21.6. The quantitative estimate of drug-likeness (QED) is 0.491. The van der Waals surface area contributed by atoms with Crippen LogP contribution in [0.15, 0.2) is 52.1 Å². The predicted octanol–water partition coefficient (Wildman–Crippen LogP) is 3.13. The number of hydrogen-bond acceptors (Lipinski definition) is 7. The molecular weight excluding hydrogens is 420 g/mol. The fourth-order valence-electron chi connectivity index (χ4n) is 3.81. The zero-order valence-electron chi connectivity index (χ0n) is 17.0. The van der Waals surface area contributed by atoms with Crippen LogP contribution in [0.25, 0.3) is 11.0 Å². The maximum atomic E-state index is 13.1. The zero-order valence-corrected chi connectivity index (χ0v) is 17.8. The molecule has 0 radical (unpaired) electrons. The number of hydrogen-bond donors (Lipinski definition) is 1. The number of methoxy groups -OCH3 is 1. The third-order valence-corrected chi connectivity index (χ3v) is 6.62. The molecule has 9 nitrogen and oxygen atoms in total. The second kappa shape index (κ2) is 7.31. The fraction of sp³-hybridized carbons (Fsp3) is 0.238. The first-order chi connectivity index (χ1) is 15.0. The molecule has 0 atom stereocenters. The summed E-state index contributed by atoms with van der Waals surface area (Å²) >= 11 is 0. The normalized spacial score (nSPS) is 13.2. The van der Waals surface area contributed by atoms with E-state index in [1.165, 1.54) is 13.2 Å². The molecule has 5 rings (SSSR count). The molecule has 1 aliphatic rings. The number of benzene rings is 2. The Kier molecular flexibility index (Phi) is 4.58. The summed E-state index contributed by atoms with van der Waals surface area (Å²) in [5.74, 6) is 0.930. The molecule has 2 aromatic heterocycles. The molecule has 0 fully saturated rings. The second-order valence-electron chi connectivity index (χ2n) is 7.31. The van der Waals surface area contributed by atoms with Crippen molar-refractivity contribution in [1.82, 2.24) is 14.9 Å². The van der Waals surface area contributed by atoms with Gasteiger partial charge in [0, 0.05) is 24.4 Å². The van der Waals surface area contributed by atoms with E-state index in [1.807, 2.05) is 29.9 Å². The highest BCUT2D eigenvalue weighted by molar-refractivity contribution is 7.92. The summed E-state index contributed by atoms with van der Waals surface area (Å²) < 4.78 is 47.1. The Bertz CT molecular complexity index is 1380. The summed E-state index contributed by atoms with van der Waals surface area (Å²) in [6.45, 7) is 2.92. The van der Waals surface area contributed by atoms with E-state index in [4.69, 9.17) is 14.0 Å². The molecule has 0 amide bonds. The van der Waals surface area contributed by atoms with Crippen LogP contribution >= 0.6 is 0 Å². The summed E-state index contributed by atoms with van der Waals surface area (Å²) in [7, 11) is -2.54. The van der Waals surface area contributed by atoms with Crippen LogP contribution in [0.5, 0.6) is 11.5 Å². The average Bonchev–Trinajstić information content (AvgIpc) is 3.48. The number of fused-ring (bicyclic) bond motifs is 3. The molecule has 4 aromatic rings.